The van der Waals surface area contributed by atoms with Crippen LogP contribution in [-0.4, -0.2) is 34.7 Å². The Kier molecular flexibility index (Phi) is 3.71. The van der Waals surface area contributed by atoms with E-state index in [1.165, 1.54) is 48.1 Å². The van der Waals surface area contributed by atoms with Gasteiger partial charge in [0.1, 0.15) is 0 Å². The van der Waals surface area contributed by atoms with Crippen molar-refractivity contribution in [1.82, 2.24) is 9.88 Å². The van der Waals surface area contributed by atoms with Gasteiger partial charge in [-0.3, -0.25) is 4.90 Å². The molecule has 4 rings (SSSR count). The molecule has 3 nitrogen and oxygen atoms in total. The van der Waals surface area contributed by atoms with Gasteiger partial charge in [0.05, 0.1) is 6.04 Å². The number of aliphatic hydroxyl groups excluding tert-OH is 1. The molecule has 2 aliphatic heterocycles. The summed E-state index contributed by atoms with van der Waals surface area (Å²) in [5.74, 6) is 1.41. The number of hydrogen-bond donors (Lipinski definition) is 2. The molecule has 22 heavy (non-hydrogen) atoms. The summed E-state index contributed by atoms with van der Waals surface area (Å²) in [5, 5.41) is 10.8. The lowest BCUT2D eigenvalue weighted by Gasteiger charge is -2.46. The molecule has 0 bridgehead atoms. The lowest BCUT2D eigenvalue weighted by atomic mass is 9.76. The SMILES string of the molecule is CC[C@@H]1CN2CCc3c([nH]c4ccccc34)[C@H]2C[C@H]1CCO. The Morgan fingerprint density at radius 1 is 1.27 bits per heavy atom. The van der Waals surface area contributed by atoms with Crippen LogP contribution in [0.1, 0.15) is 43.5 Å². The van der Waals surface area contributed by atoms with Crippen LogP contribution in [0.2, 0.25) is 0 Å². The van der Waals surface area contributed by atoms with E-state index >= 15 is 0 Å². The Bertz CT molecular complexity index is 662. The van der Waals surface area contributed by atoms with Crippen molar-refractivity contribution in [3.05, 3.63) is 35.5 Å². The number of para-hydroxylation sites is 1. The van der Waals surface area contributed by atoms with Gasteiger partial charge in [0, 0.05) is 36.3 Å². The maximum absolute atomic E-state index is 9.42. The molecule has 0 aliphatic carbocycles. The molecular weight excluding hydrogens is 272 g/mol. The van der Waals surface area contributed by atoms with Crippen LogP contribution in [0.15, 0.2) is 24.3 Å². The Morgan fingerprint density at radius 2 is 2.14 bits per heavy atom. The van der Waals surface area contributed by atoms with Crippen molar-refractivity contribution in [3.8, 4) is 0 Å². The summed E-state index contributed by atoms with van der Waals surface area (Å²) in [7, 11) is 0. The van der Waals surface area contributed by atoms with E-state index < -0.39 is 0 Å². The summed E-state index contributed by atoms with van der Waals surface area (Å²) in [5.41, 5.74) is 4.27. The fourth-order valence-electron chi connectivity index (χ4n) is 4.77. The van der Waals surface area contributed by atoms with Gasteiger partial charge in [-0.2, -0.15) is 0 Å². The first-order valence-corrected chi connectivity index (χ1v) is 8.76. The van der Waals surface area contributed by atoms with Gasteiger partial charge in [0.15, 0.2) is 0 Å². The smallest absolute Gasteiger partial charge is 0.0504 e. The Morgan fingerprint density at radius 3 is 2.95 bits per heavy atom. The van der Waals surface area contributed by atoms with E-state index in [9.17, 15) is 5.11 Å². The number of benzene rings is 1. The second kappa shape index (κ2) is 5.71. The number of hydrogen-bond acceptors (Lipinski definition) is 2. The van der Waals surface area contributed by atoms with Gasteiger partial charge in [-0.05, 0) is 42.7 Å². The minimum Gasteiger partial charge on any atom is -0.396 e. The van der Waals surface area contributed by atoms with Crippen molar-refractivity contribution in [2.24, 2.45) is 11.8 Å². The molecule has 3 heteroatoms. The van der Waals surface area contributed by atoms with Crippen LogP contribution in [0.5, 0.6) is 0 Å². The minimum absolute atomic E-state index is 0.327. The Hall–Kier alpha value is -1.32. The summed E-state index contributed by atoms with van der Waals surface area (Å²) < 4.78 is 0. The number of H-pyrrole nitrogens is 1. The number of nitrogens with one attached hydrogen (secondary N) is 1. The van der Waals surface area contributed by atoms with Crippen LogP contribution < -0.4 is 0 Å². The average molecular weight is 298 g/mol. The summed E-state index contributed by atoms with van der Waals surface area (Å²) in [4.78, 5) is 6.39. The van der Waals surface area contributed by atoms with Crippen LogP contribution in [0.4, 0.5) is 0 Å². The van der Waals surface area contributed by atoms with Crippen molar-refractivity contribution < 1.29 is 5.11 Å². The first-order chi connectivity index (χ1) is 10.8. The lowest BCUT2D eigenvalue weighted by Crippen LogP contribution is -2.46. The largest absolute Gasteiger partial charge is 0.396 e. The zero-order valence-corrected chi connectivity index (χ0v) is 13.4. The van der Waals surface area contributed by atoms with Gasteiger partial charge in [-0.1, -0.05) is 31.5 Å². The van der Waals surface area contributed by atoms with Crippen molar-refractivity contribution in [1.29, 1.82) is 0 Å². The summed E-state index contributed by atoms with van der Waals surface area (Å²) in [6.45, 7) is 5.00. The third kappa shape index (κ3) is 2.19. The van der Waals surface area contributed by atoms with E-state index in [0.29, 0.717) is 18.6 Å². The van der Waals surface area contributed by atoms with Crippen LogP contribution in [0.25, 0.3) is 10.9 Å². The lowest BCUT2D eigenvalue weighted by molar-refractivity contribution is 0.0396. The summed E-state index contributed by atoms with van der Waals surface area (Å²) in [6, 6.07) is 9.23. The maximum atomic E-state index is 9.42. The number of aromatic nitrogens is 1. The topological polar surface area (TPSA) is 39.3 Å². The van der Waals surface area contributed by atoms with Crippen LogP contribution in [0.3, 0.4) is 0 Å². The van der Waals surface area contributed by atoms with Gasteiger partial charge in [-0.25, -0.2) is 0 Å². The van der Waals surface area contributed by atoms with E-state index in [1.807, 2.05) is 0 Å². The predicted molar refractivity (Wildman–Crippen MR) is 89.9 cm³/mol. The number of fused-ring (bicyclic) bond motifs is 5. The van der Waals surface area contributed by atoms with Crippen molar-refractivity contribution in [2.75, 3.05) is 19.7 Å². The fourth-order valence-corrected chi connectivity index (χ4v) is 4.77. The number of aliphatic hydroxyl groups is 1. The highest BCUT2D eigenvalue weighted by molar-refractivity contribution is 5.85. The number of nitrogens with zero attached hydrogens (tertiary/aromatic N) is 1. The average Bonchev–Trinajstić information content (AvgIpc) is 2.93. The Balaban J connectivity index is 1.71. The molecule has 0 spiro atoms. The predicted octanol–water partition coefficient (Wildman–Crippen LogP) is 3.50. The van der Waals surface area contributed by atoms with E-state index in [2.05, 4.69) is 41.1 Å². The van der Waals surface area contributed by atoms with Crippen molar-refractivity contribution in [2.45, 2.75) is 38.6 Å². The minimum atomic E-state index is 0.327. The molecule has 2 N–H and O–H groups in total. The maximum Gasteiger partial charge on any atom is 0.0504 e. The van der Waals surface area contributed by atoms with E-state index in [4.69, 9.17) is 0 Å². The zero-order valence-electron chi connectivity index (χ0n) is 13.4. The molecule has 0 saturated carbocycles. The molecule has 1 fully saturated rings. The number of piperidine rings is 1. The van der Waals surface area contributed by atoms with Crippen LogP contribution >= 0.6 is 0 Å². The molecule has 1 saturated heterocycles. The molecule has 3 heterocycles. The second-order valence-electron chi connectivity index (χ2n) is 7.00. The zero-order chi connectivity index (χ0) is 15.1. The van der Waals surface area contributed by atoms with Crippen LogP contribution in [0, 0.1) is 11.8 Å². The molecular formula is C19H26N2O. The highest BCUT2D eigenvalue weighted by atomic mass is 16.3. The quantitative estimate of drug-likeness (QED) is 0.910. The highest BCUT2D eigenvalue weighted by Gasteiger charge is 2.39. The molecule has 2 aliphatic rings. The summed E-state index contributed by atoms with van der Waals surface area (Å²) in [6.07, 6.45) is 4.54. The van der Waals surface area contributed by atoms with Gasteiger partial charge < -0.3 is 10.1 Å². The third-order valence-electron chi connectivity index (χ3n) is 5.96. The van der Waals surface area contributed by atoms with Gasteiger partial charge in [0.2, 0.25) is 0 Å². The Labute approximate surface area is 132 Å². The molecule has 0 amide bonds. The normalized spacial score (nSPS) is 28.5. The van der Waals surface area contributed by atoms with Gasteiger partial charge in [-0.15, -0.1) is 0 Å². The number of aromatic amines is 1. The first kappa shape index (κ1) is 14.3. The van der Waals surface area contributed by atoms with Crippen molar-refractivity contribution >= 4 is 10.9 Å². The van der Waals surface area contributed by atoms with E-state index in [1.54, 1.807) is 0 Å². The molecule has 118 valence electrons. The van der Waals surface area contributed by atoms with E-state index in [0.717, 1.165) is 18.8 Å². The summed E-state index contributed by atoms with van der Waals surface area (Å²) >= 11 is 0. The van der Waals surface area contributed by atoms with Crippen LogP contribution in [-0.2, 0) is 6.42 Å². The molecule has 0 unspecified atom stereocenters. The number of rotatable bonds is 3. The van der Waals surface area contributed by atoms with Gasteiger partial charge >= 0.3 is 0 Å². The molecule has 0 radical (unpaired) electrons. The molecule has 2 aromatic rings. The molecule has 1 aromatic carbocycles. The fraction of sp³-hybridized carbons (Fsp3) is 0.579. The monoisotopic (exact) mass is 298 g/mol. The molecule has 3 atom stereocenters. The first-order valence-electron chi connectivity index (χ1n) is 8.76. The molecule has 1 aromatic heterocycles. The van der Waals surface area contributed by atoms with Gasteiger partial charge in [0.25, 0.3) is 0 Å². The van der Waals surface area contributed by atoms with E-state index in [-0.39, 0.29) is 0 Å². The standard InChI is InChI=1S/C19H26N2O/c1-2-13-12-21-9-7-16-15-5-3-4-6-17(15)20-19(16)18(21)11-14(13)8-10-22/h3-6,13-14,18,20,22H,2,7-12H2,1H3/t13-,14-,18-/m1/s1. The second-order valence-corrected chi connectivity index (χ2v) is 7.00. The highest BCUT2D eigenvalue weighted by Crippen LogP contribution is 2.44. The third-order valence-corrected chi connectivity index (χ3v) is 5.96. The van der Waals surface area contributed by atoms with Crippen molar-refractivity contribution in [3.63, 3.8) is 0 Å².